The van der Waals surface area contributed by atoms with E-state index in [0.29, 0.717) is 19.3 Å². The molecule has 0 rings (SSSR count). The first kappa shape index (κ1) is 50.9. The van der Waals surface area contributed by atoms with Gasteiger partial charge in [-0.15, -0.1) is 0 Å². The van der Waals surface area contributed by atoms with Crippen LogP contribution in [0.5, 0.6) is 0 Å². The molecule has 0 radical (unpaired) electrons. The third-order valence-electron chi connectivity index (χ3n) is 8.49. The predicted octanol–water partition coefficient (Wildman–Crippen LogP) is 10.6. The van der Waals surface area contributed by atoms with E-state index >= 15 is 0 Å². The van der Waals surface area contributed by atoms with Crippen LogP contribution >= 0.6 is 7.82 Å². The number of ether oxygens (including phenoxy) is 2. The highest BCUT2D eigenvalue weighted by molar-refractivity contribution is 7.47. The van der Waals surface area contributed by atoms with Crippen molar-refractivity contribution in [2.45, 2.75) is 180 Å². The zero-order valence-electron chi connectivity index (χ0n) is 33.2. The number of hydrogen-bond acceptors (Lipinski definition) is 9. The first-order chi connectivity index (χ1) is 25.7. The number of phosphoric acid groups is 1. The van der Waals surface area contributed by atoms with Gasteiger partial charge in [-0.05, 0) is 51.4 Å². The second-order valence-electron chi connectivity index (χ2n) is 13.7. The van der Waals surface area contributed by atoms with E-state index in [0.717, 1.165) is 44.9 Å². The molecule has 0 spiro atoms. The molecule has 0 bridgehead atoms. The molecule has 0 saturated heterocycles. The lowest BCUT2D eigenvalue weighted by Gasteiger charge is -2.20. The fourth-order valence-electron chi connectivity index (χ4n) is 5.28. The van der Waals surface area contributed by atoms with E-state index in [1.54, 1.807) is 0 Å². The van der Waals surface area contributed by atoms with E-state index in [9.17, 15) is 24.2 Å². The molecule has 0 amide bonds. The summed E-state index contributed by atoms with van der Waals surface area (Å²) >= 11 is 0. The molecule has 308 valence electrons. The summed E-state index contributed by atoms with van der Waals surface area (Å²) in [6.45, 7) is 2.28. The summed E-state index contributed by atoms with van der Waals surface area (Å²) in [4.78, 5) is 34.9. The summed E-state index contributed by atoms with van der Waals surface area (Å²) in [5.41, 5.74) is 0. The van der Waals surface area contributed by atoms with Crippen LogP contribution < -0.4 is 0 Å². The maximum Gasteiger partial charge on any atom is 0.472 e. The summed E-state index contributed by atoms with van der Waals surface area (Å²) in [6.07, 6.45) is 39.4. The highest BCUT2D eigenvalue weighted by Crippen LogP contribution is 2.43. The van der Waals surface area contributed by atoms with Crippen LogP contribution in [0.1, 0.15) is 168 Å². The molecular formula is C42H75O10P. The molecule has 11 heteroatoms. The quantitative estimate of drug-likeness (QED) is 0.0240. The van der Waals surface area contributed by atoms with Gasteiger partial charge in [-0.2, -0.15) is 0 Å². The highest BCUT2D eigenvalue weighted by Gasteiger charge is 2.27. The van der Waals surface area contributed by atoms with Crippen molar-refractivity contribution in [3.8, 4) is 0 Å². The van der Waals surface area contributed by atoms with Crippen molar-refractivity contribution >= 4 is 19.8 Å². The maximum absolute atomic E-state index is 12.6. The largest absolute Gasteiger partial charge is 0.472 e. The Balaban J connectivity index is 4.43. The third-order valence-corrected chi connectivity index (χ3v) is 9.44. The van der Waals surface area contributed by atoms with E-state index in [1.807, 2.05) is 12.2 Å². The zero-order valence-corrected chi connectivity index (χ0v) is 34.1. The Morgan fingerprint density at radius 2 is 1.00 bits per heavy atom. The molecule has 0 aromatic carbocycles. The number of rotatable bonds is 38. The van der Waals surface area contributed by atoms with Crippen LogP contribution in [0.25, 0.3) is 0 Å². The number of hydrogen-bond donors (Lipinski definition) is 3. The smallest absolute Gasteiger partial charge is 0.462 e. The van der Waals surface area contributed by atoms with Crippen molar-refractivity contribution in [1.82, 2.24) is 0 Å². The average molecular weight is 771 g/mol. The van der Waals surface area contributed by atoms with Gasteiger partial charge >= 0.3 is 19.8 Å². The maximum atomic E-state index is 12.6. The van der Waals surface area contributed by atoms with Crippen LogP contribution in [0.2, 0.25) is 0 Å². The van der Waals surface area contributed by atoms with Crippen molar-refractivity contribution in [2.24, 2.45) is 0 Å². The van der Waals surface area contributed by atoms with Crippen LogP contribution in [0, 0.1) is 0 Å². The molecule has 0 saturated carbocycles. The van der Waals surface area contributed by atoms with Gasteiger partial charge in [0.1, 0.15) is 12.7 Å². The van der Waals surface area contributed by atoms with Gasteiger partial charge in [0.2, 0.25) is 0 Å². The van der Waals surface area contributed by atoms with Crippen LogP contribution in [0.15, 0.2) is 48.6 Å². The molecule has 1 unspecified atom stereocenters. The average Bonchev–Trinajstić information content (AvgIpc) is 3.14. The lowest BCUT2D eigenvalue weighted by atomic mass is 10.0. The van der Waals surface area contributed by atoms with Gasteiger partial charge in [-0.1, -0.05) is 152 Å². The minimum absolute atomic E-state index is 0.109. The topological polar surface area (TPSA) is 149 Å². The number of carbonyl (C=O) groups is 2. The summed E-state index contributed by atoms with van der Waals surface area (Å²) in [7, 11) is -4.63. The molecular weight excluding hydrogens is 695 g/mol. The van der Waals surface area contributed by atoms with Crippen LogP contribution in [0.3, 0.4) is 0 Å². The van der Waals surface area contributed by atoms with E-state index < -0.39 is 51.8 Å². The number of allylic oxidation sites excluding steroid dienone is 8. The SMILES string of the molecule is CCCCC/C=C\C/C=C\C/C=C\C/C=C\CCCC(=O)O[C@H](COC(=O)CCCCCCCCCCCCCCC)COP(=O)(O)OC[C@@H](O)CO. The summed E-state index contributed by atoms with van der Waals surface area (Å²) < 4.78 is 32.6. The fraction of sp³-hybridized carbons (Fsp3) is 0.762. The molecule has 3 N–H and O–H groups in total. The molecule has 0 aromatic rings. The van der Waals surface area contributed by atoms with Crippen LogP contribution in [-0.4, -0.2) is 65.7 Å². The first-order valence-electron chi connectivity index (χ1n) is 20.6. The molecule has 53 heavy (non-hydrogen) atoms. The summed E-state index contributed by atoms with van der Waals surface area (Å²) in [5.74, 6) is -0.990. The zero-order chi connectivity index (χ0) is 39.1. The van der Waals surface area contributed by atoms with Crippen molar-refractivity contribution in [2.75, 3.05) is 26.4 Å². The number of aliphatic hydroxyl groups is 2. The van der Waals surface area contributed by atoms with E-state index in [1.165, 1.54) is 77.0 Å². The number of phosphoric ester groups is 1. The van der Waals surface area contributed by atoms with Gasteiger partial charge in [0.05, 0.1) is 19.8 Å². The Labute approximate surface area is 322 Å². The second kappa shape index (κ2) is 38.2. The first-order valence-corrected chi connectivity index (χ1v) is 22.1. The summed E-state index contributed by atoms with van der Waals surface area (Å²) in [5, 5.41) is 18.3. The minimum Gasteiger partial charge on any atom is -0.462 e. The Hall–Kier alpha value is -2.07. The molecule has 0 aliphatic carbocycles. The molecule has 0 aromatic heterocycles. The summed E-state index contributed by atoms with van der Waals surface area (Å²) in [6, 6.07) is 0. The van der Waals surface area contributed by atoms with Crippen molar-refractivity contribution in [3.05, 3.63) is 48.6 Å². The van der Waals surface area contributed by atoms with Gasteiger partial charge in [0.15, 0.2) is 6.10 Å². The minimum atomic E-state index is -4.63. The number of esters is 2. The third kappa shape index (κ3) is 38.0. The van der Waals surface area contributed by atoms with Crippen LogP contribution in [0.4, 0.5) is 0 Å². The Bertz CT molecular complexity index is 1030. The van der Waals surface area contributed by atoms with Crippen molar-refractivity contribution < 1.29 is 47.8 Å². The van der Waals surface area contributed by atoms with E-state index in [-0.39, 0.29) is 19.4 Å². The molecule has 0 fully saturated rings. The van der Waals surface area contributed by atoms with E-state index in [2.05, 4.69) is 54.8 Å². The Morgan fingerprint density at radius 3 is 1.53 bits per heavy atom. The Kier molecular flexibility index (Phi) is 36.7. The molecule has 0 heterocycles. The normalized spacial score (nSPS) is 14.4. The molecule has 10 nitrogen and oxygen atoms in total. The van der Waals surface area contributed by atoms with Gasteiger partial charge < -0.3 is 24.6 Å². The number of unbranched alkanes of at least 4 members (excludes halogenated alkanes) is 16. The van der Waals surface area contributed by atoms with Crippen LogP contribution in [-0.2, 0) is 32.7 Å². The van der Waals surface area contributed by atoms with Gasteiger partial charge in [0.25, 0.3) is 0 Å². The molecule has 0 aliphatic rings. The van der Waals surface area contributed by atoms with Crippen molar-refractivity contribution in [3.63, 3.8) is 0 Å². The van der Waals surface area contributed by atoms with E-state index in [4.69, 9.17) is 19.1 Å². The lowest BCUT2D eigenvalue weighted by molar-refractivity contribution is -0.161. The fourth-order valence-corrected chi connectivity index (χ4v) is 6.07. The Morgan fingerprint density at radius 1 is 0.566 bits per heavy atom. The lowest BCUT2D eigenvalue weighted by Crippen LogP contribution is -2.29. The monoisotopic (exact) mass is 771 g/mol. The van der Waals surface area contributed by atoms with Gasteiger partial charge in [-0.25, -0.2) is 4.57 Å². The van der Waals surface area contributed by atoms with Crippen molar-refractivity contribution in [1.29, 1.82) is 0 Å². The second-order valence-corrected chi connectivity index (χ2v) is 15.1. The van der Waals surface area contributed by atoms with Gasteiger partial charge in [0, 0.05) is 12.8 Å². The number of carbonyl (C=O) groups excluding carboxylic acids is 2. The standard InChI is InChI=1S/C42H75O10P/c1-3-5-7-9-11-13-15-17-18-19-20-22-24-26-28-30-32-34-42(46)52-40(38-51-53(47,48)50-36-39(44)35-43)37-49-41(45)33-31-29-27-25-23-21-16-14-12-10-8-6-4-2/h11,13,17-18,20,22,26,28,39-40,43-44H,3-10,12,14-16,19,21,23-25,27,29-38H2,1-2H3,(H,47,48)/b13-11-,18-17-,22-20-,28-26-/t39-,40+/m0/s1. The predicted molar refractivity (Wildman–Crippen MR) is 214 cm³/mol. The molecule has 3 atom stereocenters. The molecule has 0 aliphatic heterocycles. The van der Waals surface area contributed by atoms with Gasteiger partial charge in [-0.3, -0.25) is 18.6 Å². The highest BCUT2D eigenvalue weighted by atomic mass is 31.2. The number of aliphatic hydroxyl groups excluding tert-OH is 2.